The maximum atomic E-state index is 13.8. The van der Waals surface area contributed by atoms with Gasteiger partial charge in [-0.05, 0) is 37.0 Å². The Balaban J connectivity index is 1.30. The minimum atomic E-state index is -1.12. The number of amides is 4. The van der Waals surface area contributed by atoms with Crippen LogP contribution < -0.4 is 10.6 Å². The lowest BCUT2D eigenvalue weighted by Gasteiger charge is -2.43. The van der Waals surface area contributed by atoms with Crippen LogP contribution in [-0.2, 0) is 41.9 Å². The van der Waals surface area contributed by atoms with Crippen molar-refractivity contribution >= 4 is 52.8 Å². The molecule has 12 nitrogen and oxygen atoms in total. The fraction of sp³-hybridized carbons (Fsp3) is 0.414. The predicted octanol–water partition coefficient (Wildman–Crippen LogP) is 2.09. The van der Waals surface area contributed by atoms with E-state index in [0.29, 0.717) is 6.42 Å². The van der Waals surface area contributed by atoms with E-state index in [4.69, 9.17) is 32.7 Å². The van der Waals surface area contributed by atoms with Gasteiger partial charge in [0, 0.05) is 34.1 Å². The average Bonchev–Trinajstić information content (AvgIpc) is 3.29. The molecule has 2 aromatic rings. The van der Waals surface area contributed by atoms with Crippen LogP contribution in [0.25, 0.3) is 0 Å². The first-order valence-electron chi connectivity index (χ1n) is 13.8. The summed E-state index contributed by atoms with van der Waals surface area (Å²) in [5.41, 5.74) is 1.18. The molecule has 3 heterocycles. The Bertz CT molecular complexity index is 1400. The molecule has 0 radical (unpaired) electrons. The van der Waals surface area contributed by atoms with E-state index in [1.54, 1.807) is 0 Å². The third-order valence-corrected chi connectivity index (χ3v) is 8.25. The number of carbonyl (C=O) groups excluding carboxylic acids is 5. The number of hydrogen-bond acceptors (Lipinski definition) is 8. The molecular weight excluding hydrogens is 603 g/mol. The summed E-state index contributed by atoms with van der Waals surface area (Å²) in [4.78, 5) is 65.6. The van der Waals surface area contributed by atoms with E-state index >= 15 is 0 Å². The highest BCUT2D eigenvalue weighted by atomic mass is 35.5. The van der Waals surface area contributed by atoms with Crippen molar-refractivity contribution in [3.63, 3.8) is 0 Å². The zero-order valence-electron chi connectivity index (χ0n) is 23.0. The van der Waals surface area contributed by atoms with Gasteiger partial charge in [0.1, 0.15) is 18.1 Å². The zero-order chi connectivity index (χ0) is 30.7. The molecule has 3 aliphatic rings. The Labute approximate surface area is 257 Å². The molecule has 0 aliphatic carbocycles. The molecule has 0 bridgehead atoms. The molecule has 0 saturated carbocycles. The van der Waals surface area contributed by atoms with E-state index in [9.17, 15) is 29.1 Å². The molecule has 4 atom stereocenters. The SMILES string of the molecule is O=C1C[C@H](NC(=O)[C@@H]2CCCN3C(=O)CC[C@H](NC(=O)c4cc(Cl)c(CO)c(Cl)c4)C(=O)N23)C(OCc2ccccc2)O1. The van der Waals surface area contributed by atoms with Gasteiger partial charge in [0.15, 0.2) is 0 Å². The van der Waals surface area contributed by atoms with Crippen molar-refractivity contribution in [2.75, 3.05) is 6.54 Å². The van der Waals surface area contributed by atoms with Crippen molar-refractivity contribution in [2.45, 2.75) is 69.7 Å². The summed E-state index contributed by atoms with van der Waals surface area (Å²) in [5, 5.41) is 17.4. The average molecular weight is 633 g/mol. The minimum absolute atomic E-state index is 0.0152. The number of hydrazine groups is 1. The van der Waals surface area contributed by atoms with Crippen LogP contribution in [0.2, 0.25) is 10.0 Å². The van der Waals surface area contributed by atoms with E-state index in [-0.39, 0.29) is 65.9 Å². The van der Waals surface area contributed by atoms with E-state index < -0.39 is 54.7 Å². The van der Waals surface area contributed by atoms with Crippen molar-refractivity contribution in [1.29, 1.82) is 0 Å². The molecule has 14 heteroatoms. The van der Waals surface area contributed by atoms with Crippen LogP contribution in [0.4, 0.5) is 0 Å². The van der Waals surface area contributed by atoms with Crippen molar-refractivity contribution in [3.05, 3.63) is 69.2 Å². The van der Waals surface area contributed by atoms with Gasteiger partial charge in [-0.15, -0.1) is 0 Å². The second-order valence-electron chi connectivity index (χ2n) is 10.5. The minimum Gasteiger partial charge on any atom is -0.433 e. The van der Waals surface area contributed by atoms with Crippen LogP contribution in [0.3, 0.4) is 0 Å². The lowest BCUT2D eigenvalue weighted by molar-refractivity contribution is -0.177. The molecule has 1 unspecified atom stereocenters. The van der Waals surface area contributed by atoms with Gasteiger partial charge < -0.3 is 25.2 Å². The van der Waals surface area contributed by atoms with Gasteiger partial charge in [-0.25, -0.2) is 5.01 Å². The van der Waals surface area contributed by atoms with Gasteiger partial charge in [0.25, 0.3) is 11.8 Å². The monoisotopic (exact) mass is 632 g/mol. The Hall–Kier alpha value is -3.71. The van der Waals surface area contributed by atoms with Crippen LogP contribution in [0.5, 0.6) is 0 Å². The maximum absolute atomic E-state index is 13.8. The maximum Gasteiger partial charge on any atom is 0.310 e. The fourth-order valence-corrected chi connectivity index (χ4v) is 5.98. The summed E-state index contributed by atoms with van der Waals surface area (Å²) in [7, 11) is 0. The lowest BCUT2D eigenvalue weighted by Crippen LogP contribution is -2.64. The number of esters is 1. The summed E-state index contributed by atoms with van der Waals surface area (Å²) in [5.74, 6) is -2.76. The molecule has 0 spiro atoms. The van der Waals surface area contributed by atoms with Gasteiger partial charge in [0.2, 0.25) is 18.1 Å². The molecule has 4 amide bonds. The quantitative estimate of drug-likeness (QED) is 0.374. The van der Waals surface area contributed by atoms with E-state index in [0.717, 1.165) is 10.6 Å². The lowest BCUT2D eigenvalue weighted by atomic mass is 10.0. The molecule has 228 valence electrons. The second kappa shape index (κ2) is 13.3. The number of fused-ring (bicyclic) bond motifs is 1. The van der Waals surface area contributed by atoms with E-state index in [2.05, 4.69) is 10.6 Å². The van der Waals surface area contributed by atoms with Crippen molar-refractivity contribution < 1.29 is 38.6 Å². The van der Waals surface area contributed by atoms with Crippen molar-refractivity contribution in [1.82, 2.24) is 20.7 Å². The summed E-state index contributed by atoms with van der Waals surface area (Å²) in [6.07, 6.45) is -0.442. The number of aliphatic hydroxyl groups excluding tert-OH is 1. The molecule has 3 aliphatic heterocycles. The van der Waals surface area contributed by atoms with Gasteiger partial charge in [-0.2, -0.15) is 0 Å². The molecular formula is C29H30Cl2N4O8. The van der Waals surface area contributed by atoms with Crippen LogP contribution in [0.1, 0.15) is 53.6 Å². The van der Waals surface area contributed by atoms with E-state index in [1.807, 2.05) is 30.3 Å². The highest BCUT2D eigenvalue weighted by molar-refractivity contribution is 6.36. The first-order valence-corrected chi connectivity index (χ1v) is 14.6. The standard InChI is InChI=1S/C29H30Cl2N4O8/c30-19-11-17(12-20(31)18(19)14-36)26(39)32-21-8-9-24(37)34-10-4-7-23(35(34)28(21)41)27(40)33-22-13-25(38)43-29(22)42-15-16-5-2-1-3-6-16/h1-3,5-6,11-12,21-23,29,36H,4,7-10,13-15H2,(H,32,39)(H,33,40)/t21-,22-,23-,29?/m0/s1. The number of cyclic esters (lactones) is 1. The van der Waals surface area contributed by atoms with Crippen LogP contribution in [0, 0.1) is 0 Å². The molecule has 5 rings (SSSR count). The summed E-state index contributed by atoms with van der Waals surface area (Å²) < 4.78 is 11.1. The third-order valence-electron chi connectivity index (χ3n) is 7.58. The van der Waals surface area contributed by atoms with Gasteiger partial charge in [0.05, 0.1) is 19.6 Å². The number of nitrogens with zero attached hydrogens (tertiary/aromatic N) is 2. The first kappa shape index (κ1) is 30.7. The largest absolute Gasteiger partial charge is 0.433 e. The van der Waals surface area contributed by atoms with Crippen molar-refractivity contribution in [2.24, 2.45) is 0 Å². The molecule has 2 aromatic carbocycles. The summed E-state index contributed by atoms with van der Waals surface area (Å²) >= 11 is 12.3. The number of carbonyl (C=O) groups is 5. The number of halogens is 2. The second-order valence-corrected chi connectivity index (χ2v) is 11.3. The van der Waals surface area contributed by atoms with Gasteiger partial charge in [-0.1, -0.05) is 53.5 Å². The normalized spacial score (nSPS) is 23.8. The Morgan fingerprint density at radius 3 is 2.47 bits per heavy atom. The number of hydrogen-bond donors (Lipinski definition) is 3. The Kier molecular flexibility index (Phi) is 9.50. The van der Waals surface area contributed by atoms with Gasteiger partial charge in [-0.3, -0.25) is 29.0 Å². The topological polar surface area (TPSA) is 155 Å². The van der Waals surface area contributed by atoms with Crippen LogP contribution in [0.15, 0.2) is 42.5 Å². The predicted molar refractivity (Wildman–Crippen MR) is 152 cm³/mol. The number of rotatable bonds is 8. The van der Waals surface area contributed by atoms with Gasteiger partial charge >= 0.3 is 5.97 Å². The summed E-state index contributed by atoms with van der Waals surface area (Å²) in [6, 6.07) is 8.92. The Morgan fingerprint density at radius 1 is 1.05 bits per heavy atom. The number of benzene rings is 2. The zero-order valence-corrected chi connectivity index (χ0v) is 24.5. The number of nitrogens with one attached hydrogen (secondary N) is 2. The highest BCUT2D eigenvalue weighted by Crippen LogP contribution is 2.29. The van der Waals surface area contributed by atoms with E-state index in [1.165, 1.54) is 17.1 Å². The molecule has 3 N–H and O–H groups in total. The number of ether oxygens (including phenoxy) is 2. The molecule has 3 fully saturated rings. The molecule has 43 heavy (non-hydrogen) atoms. The first-order chi connectivity index (χ1) is 20.7. The van der Waals surface area contributed by atoms with Crippen LogP contribution in [-0.4, -0.2) is 75.7 Å². The molecule has 3 saturated heterocycles. The molecule has 0 aromatic heterocycles. The third kappa shape index (κ3) is 6.77. The van der Waals surface area contributed by atoms with Crippen LogP contribution >= 0.6 is 23.2 Å². The fourth-order valence-electron chi connectivity index (χ4n) is 5.37. The number of aliphatic hydroxyl groups is 1. The Morgan fingerprint density at radius 2 is 1.77 bits per heavy atom. The highest BCUT2D eigenvalue weighted by Gasteiger charge is 2.46. The van der Waals surface area contributed by atoms with Crippen molar-refractivity contribution in [3.8, 4) is 0 Å². The summed E-state index contributed by atoms with van der Waals surface area (Å²) in [6.45, 7) is -0.0310. The smallest absolute Gasteiger partial charge is 0.310 e.